The number of carbonyl (C=O) groups excluding carboxylic acids is 2. The maximum Gasteiger partial charge on any atom is 0.254 e. The number of hydrogen-bond acceptors (Lipinski definition) is 3. The van der Waals surface area contributed by atoms with E-state index in [9.17, 15) is 9.59 Å². The van der Waals surface area contributed by atoms with Crippen LogP contribution in [-0.2, 0) is 16.6 Å². The Bertz CT molecular complexity index is 1040. The van der Waals surface area contributed by atoms with Gasteiger partial charge in [-0.2, -0.15) is 10.1 Å². The minimum Gasteiger partial charge on any atom is -0.347 e. The van der Waals surface area contributed by atoms with Crippen molar-refractivity contribution in [3.05, 3.63) is 47.7 Å². The number of rotatable bonds is 2. The molecule has 136 valence electrons. The highest BCUT2D eigenvalue weighted by Gasteiger charge is 2.67. The second-order valence-corrected chi connectivity index (χ2v) is 8.46. The van der Waals surface area contributed by atoms with E-state index in [1.165, 1.54) is 6.42 Å². The molecule has 7 rings (SSSR count). The minimum absolute atomic E-state index is 0.108. The fourth-order valence-corrected chi connectivity index (χ4v) is 5.88. The Hall–Kier alpha value is -2.69. The molecule has 1 saturated heterocycles. The van der Waals surface area contributed by atoms with Crippen LogP contribution in [0.3, 0.4) is 0 Å². The van der Waals surface area contributed by atoms with Crippen LogP contribution in [0.25, 0.3) is 10.9 Å². The van der Waals surface area contributed by atoms with E-state index < -0.39 is 0 Å². The number of hydrazone groups is 1. The summed E-state index contributed by atoms with van der Waals surface area (Å²) in [6, 6.07) is 8.12. The molecule has 2 amide bonds. The third kappa shape index (κ3) is 1.82. The van der Waals surface area contributed by atoms with Crippen molar-refractivity contribution in [3.8, 4) is 0 Å². The van der Waals surface area contributed by atoms with Crippen molar-refractivity contribution in [1.29, 1.82) is 0 Å². The van der Waals surface area contributed by atoms with E-state index >= 15 is 0 Å². The Kier molecular flexibility index (Phi) is 2.83. The summed E-state index contributed by atoms with van der Waals surface area (Å²) in [5.41, 5.74) is 3.15. The van der Waals surface area contributed by atoms with Gasteiger partial charge in [0.2, 0.25) is 0 Å². The Labute approximate surface area is 157 Å². The van der Waals surface area contributed by atoms with Crippen LogP contribution in [0.5, 0.6) is 0 Å². The predicted octanol–water partition coefficient (Wildman–Crippen LogP) is 2.87. The molecule has 5 heteroatoms. The summed E-state index contributed by atoms with van der Waals surface area (Å²) in [7, 11) is 2.02. The van der Waals surface area contributed by atoms with Crippen molar-refractivity contribution in [2.24, 2.45) is 47.7 Å². The van der Waals surface area contributed by atoms with E-state index in [0.29, 0.717) is 11.8 Å². The summed E-state index contributed by atoms with van der Waals surface area (Å²) < 4.78 is 2.11. The summed E-state index contributed by atoms with van der Waals surface area (Å²) >= 11 is 0. The SMILES string of the molecule is Cc1c(/C=N\N2C(=O)[C@@H]3[C@H]4C=C[C@@H]([C@@H]5C[C@@H]45)[C@H]3C2=O)c2ccccc2n1C. The van der Waals surface area contributed by atoms with Crippen molar-refractivity contribution in [2.75, 3.05) is 0 Å². The normalized spacial score (nSPS) is 36.1. The van der Waals surface area contributed by atoms with Crippen molar-refractivity contribution >= 4 is 28.9 Å². The zero-order valence-electron chi connectivity index (χ0n) is 15.4. The highest BCUT2D eigenvalue weighted by atomic mass is 16.2. The third-order valence-electron chi connectivity index (χ3n) is 7.39. The van der Waals surface area contributed by atoms with Gasteiger partial charge < -0.3 is 4.57 Å². The van der Waals surface area contributed by atoms with Gasteiger partial charge in [0.15, 0.2) is 0 Å². The number of benzene rings is 1. The summed E-state index contributed by atoms with van der Waals surface area (Å²) in [5.74, 6) is 1.10. The molecule has 2 heterocycles. The average molecular weight is 359 g/mol. The Balaban J connectivity index is 1.38. The van der Waals surface area contributed by atoms with Gasteiger partial charge in [0, 0.05) is 29.2 Å². The Morgan fingerprint density at radius 2 is 1.67 bits per heavy atom. The van der Waals surface area contributed by atoms with Crippen molar-refractivity contribution < 1.29 is 9.59 Å². The van der Waals surface area contributed by atoms with E-state index in [4.69, 9.17) is 0 Å². The zero-order chi connectivity index (χ0) is 18.4. The summed E-state index contributed by atoms with van der Waals surface area (Å²) in [6.07, 6.45) is 7.25. The fraction of sp³-hybridized carbons (Fsp3) is 0.409. The lowest BCUT2D eigenvalue weighted by molar-refractivity contribution is -0.140. The van der Waals surface area contributed by atoms with Crippen LogP contribution in [0.1, 0.15) is 17.7 Å². The van der Waals surface area contributed by atoms with E-state index in [2.05, 4.69) is 34.0 Å². The number of aryl methyl sites for hydroxylation is 1. The average Bonchev–Trinajstić information content (AvgIpc) is 3.43. The predicted molar refractivity (Wildman–Crippen MR) is 102 cm³/mol. The van der Waals surface area contributed by atoms with Crippen molar-refractivity contribution in [2.45, 2.75) is 13.3 Å². The number of imide groups is 1. The molecular formula is C22H21N3O2. The topological polar surface area (TPSA) is 54.7 Å². The molecule has 1 aromatic carbocycles. The second kappa shape index (κ2) is 4.97. The number of fused-ring (bicyclic) bond motifs is 1. The number of hydrogen-bond donors (Lipinski definition) is 0. The van der Waals surface area contributed by atoms with Gasteiger partial charge in [0.05, 0.1) is 18.1 Å². The fourth-order valence-electron chi connectivity index (χ4n) is 5.88. The van der Waals surface area contributed by atoms with Gasteiger partial charge in [-0.3, -0.25) is 9.59 Å². The Morgan fingerprint density at radius 3 is 2.33 bits per heavy atom. The van der Waals surface area contributed by atoms with Gasteiger partial charge in [-0.25, -0.2) is 0 Å². The molecule has 2 bridgehead atoms. The van der Waals surface area contributed by atoms with Gasteiger partial charge in [0.1, 0.15) is 0 Å². The highest BCUT2D eigenvalue weighted by molar-refractivity contribution is 6.08. The monoisotopic (exact) mass is 359 g/mol. The van der Waals surface area contributed by atoms with Gasteiger partial charge in [-0.1, -0.05) is 30.4 Å². The number of para-hydroxylation sites is 1. The molecule has 0 radical (unpaired) electrons. The van der Waals surface area contributed by atoms with Crippen LogP contribution in [0.15, 0.2) is 41.5 Å². The van der Waals surface area contributed by atoms with E-state index in [-0.39, 0.29) is 35.5 Å². The van der Waals surface area contributed by atoms with Gasteiger partial charge in [0.25, 0.3) is 11.8 Å². The molecule has 5 aliphatic rings. The molecule has 1 aromatic heterocycles. The molecule has 1 aliphatic heterocycles. The number of aromatic nitrogens is 1. The molecule has 6 atom stereocenters. The first-order chi connectivity index (χ1) is 13.1. The largest absolute Gasteiger partial charge is 0.347 e. The first kappa shape index (κ1) is 15.4. The van der Waals surface area contributed by atoms with E-state index in [0.717, 1.165) is 27.2 Å². The van der Waals surface area contributed by atoms with Crippen LogP contribution < -0.4 is 0 Å². The number of nitrogens with zero attached hydrogens (tertiary/aromatic N) is 3. The lowest BCUT2D eigenvalue weighted by Crippen LogP contribution is -2.40. The molecule has 3 fully saturated rings. The van der Waals surface area contributed by atoms with E-state index in [1.54, 1.807) is 6.21 Å². The lowest BCUT2D eigenvalue weighted by atomic mass is 9.63. The molecule has 4 aliphatic carbocycles. The van der Waals surface area contributed by atoms with Crippen LogP contribution in [0, 0.1) is 42.4 Å². The maximum atomic E-state index is 13.0. The van der Waals surface area contributed by atoms with Gasteiger partial charge >= 0.3 is 0 Å². The summed E-state index contributed by atoms with van der Waals surface area (Å²) in [4.78, 5) is 26.1. The second-order valence-electron chi connectivity index (χ2n) is 8.46. The van der Waals surface area contributed by atoms with Crippen LogP contribution >= 0.6 is 0 Å². The molecule has 2 saturated carbocycles. The number of allylic oxidation sites excluding steroid dienone is 2. The highest BCUT2D eigenvalue weighted by Crippen LogP contribution is 2.65. The third-order valence-corrected chi connectivity index (χ3v) is 7.39. The lowest BCUT2D eigenvalue weighted by Gasteiger charge is -2.37. The minimum atomic E-state index is -0.193. The standard InChI is InChI=1S/C22H21N3O2/c1-11-17(12-5-3-4-6-18(12)24(11)2)10-23-25-21(26)19-13-7-8-14(16-9-15(13)16)20(19)22(25)27/h3-8,10,13-16,19-20H,9H2,1-2H3/b23-10-/t13-,14-,15-,16-,19+,20+/m0/s1. The molecule has 0 spiro atoms. The van der Waals surface area contributed by atoms with E-state index in [1.807, 2.05) is 26.1 Å². The first-order valence-electron chi connectivity index (χ1n) is 9.72. The summed E-state index contributed by atoms with van der Waals surface area (Å²) in [6.45, 7) is 2.03. The molecular weight excluding hydrogens is 338 g/mol. The Morgan fingerprint density at radius 1 is 1.04 bits per heavy atom. The smallest absolute Gasteiger partial charge is 0.254 e. The molecule has 2 aromatic rings. The quantitative estimate of drug-likeness (QED) is 0.470. The van der Waals surface area contributed by atoms with Crippen molar-refractivity contribution in [3.63, 3.8) is 0 Å². The zero-order valence-corrected chi connectivity index (χ0v) is 15.4. The van der Waals surface area contributed by atoms with Gasteiger partial charge in [-0.15, -0.1) is 0 Å². The first-order valence-corrected chi connectivity index (χ1v) is 9.72. The van der Waals surface area contributed by atoms with Crippen LogP contribution in [0.2, 0.25) is 0 Å². The van der Waals surface area contributed by atoms with Crippen LogP contribution in [-0.4, -0.2) is 27.6 Å². The van der Waals surface area contributed by atoms with Gasteiger partial charge in [-0.05, 0) is 43.1 Å². The number of amides is 2. The van der Waals surface area contributed by atoms with Crippen LogP contribution in [0.4, 0.5) is 0 Å². The molecule has 0 unspecified atom stereocenters. The maximum absolute atomic E-state index is 13.0. The molecule has 27 heavy (non-hydrogen) atoms. The van der Waals surface area contributed by atoms with Crippen molar-refractivity contribution in [1.82, 2.24) is 9.58 Å². The summed E-state index contributed by atoms with van der Waals surface area (Å²) in [5, 5.41) is 6.65. The molecule has 0 N–H and O–H groups in total. The molecule has 5 nitrogen and oxygen atoms in total. The number of carbonyl (C=O) groups is 2.